The second-order valence-electron chi connectivity index (χ2n) is 7.84. The average Bonchev–Trinajstić information content (AvgIpc) is 3.08. The summed E-state index contributed by atoms with van der Waals surface area (Å²) in [6.45, 7) is 6.71. The summed E-state index contributed by atoms with van der Waals surface area (Å²) in [4.78, 5) is 37.5. The molecule has 9 heteroatoms. The molecule has 0 radical (unpaired) electrons. The zero-order valence-electron chi connectivity index (χ0n) is 17.2. The van der Waals surface area contributed by atoms with Crippen LogP contribution in [0, 0.1) is 0 Å². The topological polar surface area (TPSA) is 97.0 Å². The van der Waals surface area contributed by atoms with Gasteiger partial charge in [0.05, 0.1) is 24.5 Å². The van der Waals surface area contributed by atoms with Gasteiger partial charge in [-0.1, -0.05) is 15.9 Å². The molecule has 1 unspecified atom stereocenters. The number of likely N-dealkylation sites (tertiary alicyclic amines) is 1. The molecule has 2 N–H and O–H groups in total. The van der Waals surface area contributed by atoms with Crippen LogP contribution >= 0.6 is 15.9 Å². The maximum atomic E-state index is 12.4. The summed E-state index contributed by atoms with van der Waals surface area (Å²) < 4.78 is 10.8. The minimum atomic E-state index is -0.606. The van der Waals surface area contributed by atoms with Gasteiger partial charge in [0.25, 0.3) is 0 Å². The van der Waals surface area contributed by atoms with E-state index in [1.807, 2.05) is 32.9 Å². The van der Waals surface area contributed by atoms with E-state index in [2.05, 4.69) is 31.3 Å². The average molecular weight is 470 g/mol. The Morgan fingerprint density at radius 3 is 2.62 bits per heavy atom. The molecule has 0 spiro atoms. The minimum absolute atomic E-state index is 0.00730. The molecule has 1 fully saturated rings. The van der Waals surface area contributed by atoms with E-state index in [1.54, 1.807) is 11.0 Å². The summed E-state index contributed by atoms with van der Waals surface area (Å²) >= 11 is 3.38. The summed E-state index contributed by atoms with van der Waals surface area (Å²) in [6, 6.07) is 5.41. The van der Waals surface area contributed by atoms with Crippen LogP contribution in [0.2, 0.25) is 0 Å². The molecule has 160 valence electrons. The van der Waals surface area contributed by atoms with Gasteiger partial charge in [-0.05, 0) is 51.8 Å². The predicted molar refractivity (Wildman–Crippen MR) is 114 cm³/mol. The van der Waals surface area contributed by atoms with Crippen molar-refractivity contribution in [2.75, 3.05) is 30.8 Å². The van der Waals surface area contributed by atoms with Crippen molar-refractivity contribution >= 4 is 45.3 Å². The number of carbonyl (C=O) groups excluding carboxylic acids is 3. The van der Waals surface area contributed by atoms with Gasteiger partial charge in [0.15, 0.2) is 0 Å². The highest BCUT2D eigenvalue weighted by atomic mass is 79.9. The Labute approximate surface area is 179 Å². The van der Waals surface area contributed by atoms with E-state index in [1.165, 1.54) is 7.11 Å². The third kappa shape index (κ3) is 7.23. The van der Waals surface area contributed by atoms with Crippen LogP contribution < -0.4 is 10.6 Å². The number of amides is 2. The fourth-order valence-corrected chi connectivity index (χ4v) is 3.37. The summed E-state index contributed by atoms with van der Waals surface area (Å²) in [5.74, 6) is -1.07. The zero-order valence-corrected chi connectivity index (χ0v) is 18.8. The van der Waals surface area contributed by atoms with Crippen LogP contribution in [-0.4, -0.2) is 54.7 Å². The van der Waals surface area contributed by atoms with Gasteiger partial charge in [-0.3, -0.25) is 9.59 Å². The first-order chi connectivity index (χ1) is 13.6. The van der Waals surface area contributed by atoms with Crippen molar-refractivity contribution in [2.45, 2.75) is 51.7 Å². The standard InChI is InChI=1S/C20H28BrN3O5/c1-20(2,3)29-19(27)24-9-5-6-14(24)12-22-15-8-7-13(21)10-16(15)23-17(25)11-18(26)28-4/h7-8,10,14,22H,5-6,9,11-12H2,1-4H3,(H,23,25). The molecule has 1 aromatic rings. The normalized spacial score (nSPS) is 16.3. The molecule has 0 bridgehead atoms. The van der Waals surface area contributed by atoms with E-state index in [-0.39, 0.29) is 18.6 Å². The van der Waals surface area contributed by atoms with Gasteiger partial charge in [-0.15, -0.1) is 0 Å². The highest BCUT2D eigenvalue weighted by Crippen LogP contribution is 2.28. The summed E-state index contributed by atoms with van der Waals surface area (Å²) in [6.07, 6.45) is 1.10. The Balaban J connectivity index is 2.03. The lowest BCUT2D eigenvalue weighted by molar-refractivity contribution is -0.142. The Kier molecular flexibility index (Phi) is 7.89. The summed E-state index contributed by atoms with van der Waals surface area (Å²) in [5, 5.41) is 6.02. The number of anilines is 2. The SMILES string of the molecule is COC(=O)CC(=O)Nc1cc(Br)ccc1NCC1CCCN1C(=O)OC(C)(C)C. The van der Waals surface area contributed by atoms with E-state index in [0.29, 0.717) is 24.5 Å². The van der Waals surface area contributed by atoms with Gasteiger partial charge in [0.1, 0.15) is 12.0 Å². The Morgan fingerprint density at radius 2 is 1.97 bits per heavy atom. The van der Waals surface area contributed by atoms with E-state index >= 15 is 0 Å². The third-order valence-electron chi connectivity index (χ3n) is 4.32. The van der Waals surface area contributed by atoms with Crippen molar-refractivity contribution in [1.82, 2.24) is 4.90 Å². The van der Waals surface area contributed by atoms with Crippen molar-refractivity contribution in [2.24, 2.45) is 0 Å². The van der Waals surface area contributed by atoms with Gasteiger partial charge in [0.2, 0.25) is 5.91 Å². The van der Waals surface area contributed by atoms with Crippen molar-refractivity contribution < 1.29 is 23.9 Å². The molecule has 29 heavy (non-hydrogen) atoms. The van der Waals surface area contributed by atoms with Crippen LogP contribution in [0.15, 0.2) is 22.7 Å². The van der Waals surface area contributed by atoms with E-state index in [0.717, 1.165) is 17.3 Å². The van der Waals surface area contributed by atoms with Gasteiger partial charge in [-0.2, -0.15) is 0 Å². The van der Waals surface area contributed by atoms with Crippen molar-refractivity contribution in [1.29, 1.82) is 0 Å². The minimum Gasteiger partial charge on any atom is -0.469 e. The molecule has 2 rings (SSSR count). The molecule has 1 atom stereocenters. The number of ether oxygens (including phenoxy) is 2. The van der Waals surface area contributed by atoms with E-state index in [4.69, 9.17) is 4.74 Å². The Hall–Kier alpha value is -2.29. The van der Waals surface area contributed by atoms with Crippen LogP contribution in [0.4, 0.5) is 16.2 Å². The van der Waals surface area contributed by atoms with Gasteiger partial charge >= 0.3 is 12.1 Å². The number of esters is 1. The van der Waals surface area contributed by atoms with Crippen LogP contribution in [0.5, 0.6) is 0 Å². The molecule has 1 heterocycles. The number of hydrogen-bond acceptors (Lipinski definition) is 6. The quantitative estimate of drug-likeness (QED) is 0.486. The molecule has 1 aliphatic heterocycles. The second-order valence-corrected chi connectivity index (χ2v) is 8.76. The Morgan fingerprint density at radius 1 is 1.24 bits per heavy atom. The number of nitrogens with one attached hydrogen (secondary N) is 2. The lowest BCUT2D eigenvalue weighted by Gasteiger charge is -2.29. The number of rotatable bonds is 6. The molecule has 1 aliphatic rings. The van der Waals surface area contributed by atoms with Crippen molar-refractivity contribution in [3.8, 4) is 0 Å². The molecule has 0 saturated carbocycles. The summed E-state index contributed by atoms with van der Waals surface area (Å²) in [5.41, 5.74) is 0.693. The van der Waals surface area contributed by atoms with Crippen molar-refractivity contribution in [3.63, 3.8) is 0 Å². The van der Waals surface area contributed by atoms with Gasteiger partial charge in [0, 0.05) is 17.6 Å². The second kappa shape index (κ2) is 9.96. The third-order valence-corrected chi connectivity index (χ3v) is 4.81. The Bertz CT molecular complexity index is 763. The summed E-state index contributed by atoms with van der Waals surface area (Å²) in [7, 11) is 1.24. The van der Waals surface area contributed by atoms with Gasteiger partial charge in [-0.25, -0.2) is 4.79 Å². The molecule has 0 aromatic heterocycles. The highest BCUT2D eigenvalue weighted by Gasteiger charge is 2.32. The molecule has 8 nitrogen and oxygen atoms in total. The van der Waals surface area contributed by atoms with E-state index in [9.17, 15) is 14.4 Å². The van der Waals surface area contributed by atoms with Crippen molar-refractivity contribution in [3.05, 3.63) is 22.7 Å². The predicted octanol–water partition coefficient (Wildman–Crippen LogP) is 3.76. The monoisotopic (exact) mass is 469 g/mol. The number of hydrogen-bond donors (Lipinski definition) is 2. The lowest BCUT2D eigenvalue weighted by Crippen LogP contribution is -2.42. The van der Waals surface area contributed by atoms with Crippen LogP contribution in [-0.2, 0) is 19.1 Å². The number of nitrogens with zero attached hydrogens (tertiary/aromatic N) is 1. The first kappa shape index (κ1) is 23.0. The molecular formula is C20H28BrN3O5. The maximum absolute atomic E-state index is 12.4. The number of halogens is 1. The maximum Gasteiger partial charge on any atom is 0.410 e. The first-order valence-corrected chi connectivity index (χ1v) is 10.3. The van der Waals surface area contributed by atoms with Gasteiger partial charge < -0.3 is 25.0 Å². The number of methoxy groups -OCH3 is 1. The highest BCUT2D eigenvalue weighted by molar-refractivity contribution is 9.10. The van der Waals surface area contributed by atoms with Crippen LogP contribution in [0.25, 0.3) is 0 Å². The lowest BCUT2D eigenvalue weighted by atomic mass is 10.2. The largest absolute Gasteiger partial charge is 0.469 e. The fraction of sp³-hybridized carbons (Fsp3) is 0.550. The van der Waals surface area contributed by atoms with Crippen LogP contribution in [0.3, 0.4) is 0 Å². The molecule has 1 aromatic carbocycles. The van der Waals surface area contributed by atoms with E-state index < -0.39 is 17.5 Å². The molecule has 0 aliphatic carbocycles. The molecule has 1 saturated heterocycles. The fourth-order valence-electron chi connectivity index (χ4n) is 3.01. The molecule has 2 amide bonds. The van der Waals surface area contributed by atoms with Crippen LogP contribution in [0.1, 0.15) is 40.0 Å². The zero-order chi connectivity index (χ0) is 21.6. The number of carbonyl (C=O) groups is 3. The smallest absolute Gasteiger partial charge is 0.410 e. The first-order valence-electron chi connectivity index (χ1n) is 9.49. The molecular weight excluding hydrogens is 442 g/mol. The number of benzene rings is 1.